The van der Waals surface area contributed by atoms with Crippen LogP contribution in [0, 0.1) is 20.8 Å². The van der Waals surface area contributed by atoms with E-state index in [0.717, 1.165) is 24.5 Å². The van der Waals surface area contributed by atoms with Crippen LogP contribution in [0.25, 0.3) is 0 Å². The molecule has 0 fully saturated rings. The molecule has 0 aliphatic carbocycles. The van der Waals surface area contributed by atoms with Gasteiger partial charge < -0.3 is 5.32 Å². The molecule has 20 heavy (non-hydrogen) atoms. The highest BCUT2D eigenvalue weighted by Crippen LogP contribution is 2.21. The van der Waals surface area contributed by atoms with Crippen molar-refractivity contribution in [2.75, 3.05) is 0 Å². The van der Waals surface area contributed by atoms with Crippen LogP contribution >= 0.6 is 0 Å². The van der Waals surface area contributed by atoms with Crippen LogP contribution in [0.1, 0.15) is 48.1 Å². The summed E-state index contributed by atoms with van der Waals surface area (Å²) in [5, 5.41) is 8.14. The molecule has 2 aromatic heterocycles. The van der Waals surface area contributed by atoms with Gasteiger partial charge in [0.2, 0.25) is 0 Å². The van der Waals surface area contributed by atoms with Crippen LogP contribution in [0.3, 0.4) is 0 Å². The van der Waals surface area contributed by atoms with Crippen molar-refractivity contribution >= 4 is 0 Å². The van der Waals surface area contributed by atoms with E-state index in [1.807, 2.05) is 19.2 Å². The number of rotatable bonds is 5. The lowest BCUT2D eigenvalue weighted by atomic mass is 10.1. The zero-order valence-electron chi connectivity index (χ0n) is 13.1. The van der Waals surface area contributed by atoms with Gasteiger partial charge in [0, 0.05) is 42.3 Å². The molecule has 2 aromatic rings. The molecule has 108 valence electrons. The summed E-state index contributed by atoms with van der Waals surface area (Å²) in [7, 11) is 0. The average Bonchev–Trinajstić information content (AvgIpc) is 2.72. The maximum absolute atomic E-state index is 4.58. The van der Waals surface area contributed by atoms with Crippen LogP contribution in [0.4, 0.5) is 0 Å². The largest absolute Gasteiger partial charge is 0.306 e. The van der Waals surface area contributed by atoms with Crippen LogP contribution in [-0.2, 0) is 13.1 Å². The highest BCUT2D eigenvalue weighted by molar-refractivity contribution is 5.28. The third-order valence-electron chi connectivity index (χ3n) is 3.75. The fraction of sp³-hybridized carbons (Fsp3) is 0.500. The smallest absolute Gasteiger partial charge is 0.0644 e. The van der Waals surface area contributed by atoms with Gasteiger partial charge >= 0.3 is 0 Å². The number of hydrogen-bond donors (Lipinski definition) is 1. The van der Waals surface area contributed by atoms with Crippen molar-refractivity contribution in [3.8, 4) is 0 Å². The normalized spacial score (nSPS) is 12.7. The molecule has 0 saturated carbocycles. The Kier molecular flexibility index (Phi) is 4.55. The maximum atomic E-state index is 4.58. The molecule has 0 aliphatic rings. The van der Waals surface area contributed by atoms with Gasteiger partial charge in [0.05, 0.1) is 5.69 Å². The average molecular weight is 272 g/mol. The van der Waals surface area contributed by atoms with E-state index in [-0.39, 0.29) is 6.04 Å². The Morgan fingerprint density at radius 1 is 1.25 bits per heavy atom. The summed E-state index contributed by atoms with van der Waals surface area (Å²) in [6.07, 6.45) is 1.93. The first-order valence-corrected chi connectivity index (χ1v) is 7.21. The Balaban J connectivity index is 2.07. The fourth-order valence-electron chi connectivity index (χ4n) is 2.62. The second-order valence-corrected chi connectivity index (χ2v) is 5.31. The minimum atomic E-state index is 0.289. The molecule has 4 nitrogen and oxygen atoms in total. The lowest BCUT2D eigenvalue weighted by molar-refractivity contribution is 0.565. The molecular formula is C16H24N4. The van der Waals surface area contributed by atoms with Gasteiger partial charge in [0.1, 0.15) is 0 Å². The van der Waals surface area contributed by atoms with Gasteiger partial charge in [-0.25, -0.2) is 0 Å². The molecule has 0 amide bonds. The lowest BCUT2D eigenvalue weighted by Crippen LogP contribution is -2.19. The summed E-state index contributed by atoms with van der Waals surface area (Å²) in [6.45, 7) is 12.3. The second kappa shape index (κ2) is 6.18. The van der Waals surface area contributed by atoms with Crippen molar-refractivity contribution in [1.82, 2.24) is 20.1 Å². The van der Waals surface area contributed by atoms with Gasteiger partial charge in [-0.1, -0.05) is 6.07 Å². The third kappa shape index (κ3) is 3.07. The molecule has 1 atom stereocenters. The van der Waals surface area contributed by atoms with Crippen LogP contribution in [0.15, 0.2) is 18.3 Å². The van der Waals surface area contributed by atoms with Gasteiger partial charge in [0.15, 0.2) is 0 Å². The van der Waals surface area contributed by atoms with Gasteiger partial charge in [-0.3, -0.25) is 9.67 Å². The summed E-state index contributed by atoms with van der Waals surface area (Å²) >= 11 is 0. The molecule has 1 N–H and O–H groups in total. The Hall–Kier alpha value is -1.68. The number of aryl methyl sites for hydroxylation is 3. The van der Waals surface area contributed by atoms with E-state index in [0.29, 0.717) is 0 Å². The van der Waals surface area contributed by atoms with Gasteiger partial charge in [-0.05, 0) is 46.2 Å². The second-order valence-electron chi connectivity index (χ2n) is 5.31. The van der Waals surface area contributed by atoms with E-state index in [4.69, 9.17) is 0 Å². The van der Waals surface area contributed by atoms with E-state index < -0.39 is 0 Å². The molecular weight excluding hydrogens is 248 g/mol. The van der Waals surface area contributed by atoms with Crippen molar-refractivity contribution in [1.29, 1.82) is 0 Å². The maximum Gasteiger partial charge on any atom is 0.0644 e. The quantitative estimate of drug-likeness (QED) is 0.909. The molecule has 0 aliphatic heterocycles. The van der Waals surface area contributed by atoms with Crippen molar-refractivity contribution in [2.24, 2.45) is 0 Å². The molecule has 2 heterocycles. The lowest BCUT2D eigenvalue weighted by Gasteiger charge is -2.15. The first-order valence-electron chi connectivity index (χ1n) is 7.21. The van der Waals surface area contributed by atoms with E-state index in [1.165, 1.54) is 16.8 Å². The highest BCUT2D eigenvalue weighted by Gasteiger charge is 2.16. The molecule has 0 saturated heterocycles. The standard InChI is InChI=1S/C16H24N4/c1-6-20-14(5)16(13(4)19-20)12(3)18-10-15-8-7-11(2)17-9-15/h7-9,12,18H,6,10H2,1-5H3. The highest BCUT2D eigenvalue weighted by atomic mass is 15.3. The topological polar surface area (TPSA) is 42.7 Å². The van der Waals surface area contributed by atoms with E-state index in [1.54, 1.807) is 0 Å². The van der Waals surface area contributed by atoms with Gasteiger partial charge in [-0.2, -0.15) is 5.10 Å². The summed E-state index contributed by atoms with van der Waals surface area (Å²) in [6, 6.07) is 4.46. The predicted octanol–water partition coefficient (Wildman–Crippen LogP) is 3.07. The number of aromatic nitrogens is 3. The van der Waals surface area contributed by atoms with Crippen LogP contribution < -0.4 is 5.32 Å². The number of nitrogens with one attached hydrogen (secondary N) is 1. The van der Waals surface area contributed by atoms with Crippen LogP contribution in [-0.4, -0.2) is 14.8 Å². The zero-order valence-corrected chi connectivity index (χ0v) is 13.1. The van der Waals surface area contributed by atoms with Crippen molar-refractivity contribution in [3.63, 3.8) is 0 Å². The molecule has 2 rings (SSSR count). The molecule has 0 spiro atoms. The SMILES string of the molecule is CCn1nc(C)c(C(C)NCc2ccc(C)nc2)c1C. The summed E-state index contributed by atoms with van der Waals surface area (Å²) in [5.41, 5.74) is 5.95. The molecule has 0 bridgehead atoms. The summed E-state index contributed by atoms with van der Waals surface area (Å²) < 4.78 is 2.07. The Labute approximate surface area is 121 Å². The first kappa shape index (κ1) is 14.7. The van der Waals surface area contributed by atoms with E-state index in [2.05, 4.69) is 53.8 Å². The van der Waals surface area contributed by atoms with Gasteiger partial charge in [0.25, 0.3) is 0 Å². The minimum Gasteiger partial charge on any atom is -0.306 e. The van der Waals surface area contributed by atoms with E-state index >= 15 is 0 Å². The van der Waals surface area contributed by atoms with Gasteiger partial charge in [-0.15, -0.1) is 0 Å². The Morgan fingerprint density at radius 3 is 2.55 bits per heavy atom. The zero-order chi connectivity index (χ0) is 14.7. The van der Waals surface area contributed by atoms with E-state index in [9.17, 15) is 0 Å². The van der Waals surface area contributed by atoms with Crippen molar-refractivity contribution in [2.45, 2.75) is 53.8 Å². The number of pyridine rings is 1. The molecule has 0 aromatic carbocycles. The fourth-order valence-corrected chi connectivity index (χ4v) is 2.62. The van der Waals surface area contributed by atoms with Crippen molar-refractivity contribution < 1.29 is 0 Å². The Bertz CT molecular complexity index is 569. The molecule has 1 unspecified atom stereocenters. The third-order valence-corrected chi connectivity index (χ3v) is 3.75. The Morgan fingerprint density at radius 2 is 2.00 bits per heavy atom. The van der Waals surface area contributed by atoms with Crippen LogP contribution in [0.2, 0.25) is 0 Å². The first-order chi connectivity index (χ1) is 9.52. The number of hydrogen-bond acceptors (Lipinski definition) is 3. The molecule has 0 radical (unpaired) electrons. The minimum absolute atomic E-state index is 0.289. The summed E-state index contributed by atoms with van der Waals surface area (Å²) in [4.78, 5) is 4.33. The monoisotopic (exact) mass is 272 g/mol. The predicted molar refractivity (Wildman–Crippen MR) is 81.6 cm³/mol. The van der Waals surface area contributed by atoms with Crippen LogP contribution in [0.5, 0.6) is 0 Å². The number of nitrogens with zero attached hydrogens (tertiary/aromatic N) is 3. The summed E-state index contributed by atoms with van der Waals surface area (Å²) in [5.74, 6) is 0. The molecule has 4 heteroatoms. The van der Waals surface area contributed by atoms with Crippen molar-refractivity contribution in [3.05, 3.63) is 46.5 Å².